The molecule has 0 fully saturated rings. The molecule has 0 spiro atoms. The molecule has 0 bridgehead atoms. The molecule has 0 aliphatic heterocycles. The minimum atomic E-state index is -0.194. The zero-order valence-corrected chi connectivity index (χ0v) is 35.3. The summed E-state index contributed by atoms with van der Waals surface area (Å²) in [6, 6.07) is 36.2. The summed E-state index contributed by atoms with van der Waals surface area (Å²) >= 11 is 0. The molecule has 1 amide bonds. The van der Waals surface area contributed by atoms with Gasteiger partial charge in [0.15, 0.2) is 0 Å². The molecule has 0 radical (unpaired) electrons. The predicted octanol–water partition coefficient (Wildman–Crippen LogP) is 12.9. The number of carbonyl (C=O) groups excluding carboxylic acids is 1. The molecule has 5 heteroatoms. The highest BCUT2D eigenvalue weighted by atomic mass is 16.5. The van der Waals surface area contributed by atoms with Crippen LogP contribution in [0.25, 0.3) is 11.1 Å². The van der Waals surface area contributed by atoms with Crippen molar-refractivity contribution in [3.63, 3.8) is 0 Å². The first kappa shape index (κ1) is 44.1. The third-order valence-electron chi connectivity index (χ3n) is 10.1. The van der Waals surface area contributed by atoms with Gasteiger partial charge in [0, 0.05) is 18.3 Å². The first-order chi connectivity index (χ1) is 27.4. The van der Waals surface area contributed by atoms with Crippen LogP contribution in [0.15, 0.2) is 168 Å². The zero-order valence-electron chi connectivity index (χ0n) is 35.3. The number of anilines is 1. The van der Waals surface area contributed by atoms with Gasteiger partial charge in [-0.3, -0.25) is 4.79 Å². The van der Waals surface area contributed by atoms with Gasteiger partial charge in [-0.25, -0.2) is 0 Å². The standard InChI is InChI=1S/C26H33NO2.C26H29NO/c1-19(11-16-24-21(3)10-7-17-26(24,4)5)8-6-9-20(2)18-25(29)27-22-12-14-23(28)15-13-22;1-4-25(21-11-7-5-8-12-21)26(22-13-9-6-10-14-22)23-15-17-24(18-16-23)28-20-19-27(2)3/h6,8-9,11-16,18,28H,7,10,17H2,1-5H3,(H,27,29);5-18H,4,19-20H2,1-3H3/b9-6+,16-11+,19-8+,20-18+;26-25-. The summed E-state index contributed by atoms with van der Waals surface area (Å²) in [5, 5.41) is 12.1. The van der Waals surface area contributed by atoms with E-state index in [1.807, 2.05) is 19.1 Å². The summed E-state index contributed by atoms with van der Waals surface area (Å²) in [7, 11) is 4.11. The highest BCUT2D eigenvalue weighted by Crippen LogP contribution is 2.41. The van der Waals surface area contributed by atoms with Gasteiger partial charge >= 0.3 is 0 Å². The number of ether oxygens (including phenoxy) is 1. The van der Waals surface area contributed by atoms with Crippen molar-refractivity contribution in [3.05, 3.63) is 185 Å². The average Bonchev–Trinajstić information content (AvgIpc) is 3.18. The number of likely N-dealkylation sites (N-methyl/N-ethyl adjacent to an activating group) is 1. The van der Waals surface area contributed by atoms with E-state index in [-0.39, 0.29) is 17.1 Å². The zero-order chi connectivity index (χ0) is 41.2. The minimum Gasteiger partial charge on any atom is -0.508 e. The molecule has 4 aromatic rings. The van der Waals surface area contributed by atoms with Gasteiger partial charge in [-0.15, -0.1) is 0 Å². The van der Waals surface area contributed by atoms with Crippen LogP contribution in [0.1, 0.15) is 83.9 Å². The van der Waals surface area contributed by atoms with E-state index in [2.05, 4.69) is 162 Å². The summed E-state index contributed by atoms with van der Waals surface area (Å²) in [6.45, 7) is 14.7. The Morgan fingerprint density at radius 2 is 1.44 bits per heavy atom. The molecule has 1 aliphatic rings. The van der Waals surface area contributed by atoms with E-state index in [9.17, 15) is 9.90 Å². The Labute approximate surface area is 342 Å². The number of aromatic hydroxyl groups is 1. The summed E-state index contributed by atoms with van der Waals surface area (Å²) in [4.78, 5) is 14.2. The number of phenols is 1. The van der Waals surface area contributed by atoms with E-state index in [1.54, 1.807) is 30.3 Å². The first-order valence-corrected chi connectivity index (χ1v) is 20.1. The highest BCUT2D eigenvalue weighted by Gasteiger charge is 2.26. The second-order valence-electron chi connectivity index (χ2n) is 15.6. The molecular formula is C52H62N2O3. The van der Waals surface area contributed by atoms with Gasteiger partial charge in [-0.1, -0.05) is 135 Å². The maximum absolute atomic E-state index is 12.1. The number of benzene rings is 4. The number of amides is 1. The van der Waals surface area contributed by atoms with Crippen LogP contribution in [0.2, 0.25) is 0 Å². The van der Waals surface area contributed by atoms with Crippen LogP contribution in [-0.4, -0.2) is 43.2 Å². The van der Waals surface area contributed by atoms with Gasteiger partial charge in [-0.2, -0.15) is 0 Å². The van der Waals surface area contributed by atoms with Gasteiger partial charge in [0.25, 0.3) is 0 Å². The molecule has 1 aliphatic carbocycles. The first-order valence-electron chi connectivity index (χ1n) is 20.1. The second kappa shape index (κ2) is 22.2. The molecule has 2 N–H and O–H groups in total. The average molecular weight is 763 g/mol. The number of hydrogen-bond acceptors (Lipinski definition) is 4. The Morgan fingerprint density at radius 3 is 2.04 bits per heavy atom. The number of nitrogens with zero attached hydrogens (tertiary/aromatic N) is 1. The molecule has 0 aromatic heterocycles. The Morgan fingerprint density at radius 1 is 0.825 bits per heavy atom. The smallest absolute Gasteiger partial charge is 0.248 e. The van der Waals surface area contributed by atoms with Gasteiger partial charge in [0.1, 0.15) is 18.1 Å². The number of hydrogen-bond donors (Lipinski definition) is 2. The Balaban J connectivity index is 0.000000253. The maximum Gasteiger partial charge on any atom is 0.248 e. The molecule has 0 atom stereocenters. The predicted molar refractivity (Wildman–Crippen MR) is 242 cm³/mol. The molecule has 4 aromatic carbocycles. The summed E-state index contributed by atoms with van der Waals surface area (Å²) in [5.74, 6) is 0.892. The normalized spacial score (nSPS) is 15.0. The molecule has 5 nitrogen and oxygen atoms in total. The maximum atomic E-state index is 12.1. The van der Waals surface area contributed by atoms with Crippen molar-refractivity contribution in [2.45, 2.75) is 67.2 Å². The van der Waals surface area contributed by atoms with Crippen LogP contribution >= 0.6 is 0 Å². The fourth-order valence-corrected chi connectivity index (χ4v) is 6.96. The third kappa shape index (κ3) is 14.4. The van der Waals surface area contributed by atoms with Crippen LogP contribution in [-0.2, 0) is 4.79 Å². The molecule has 5 rings (SSSR count). The van der Waals surface area contributed by atoms with Crippen molar-refractivity contribution in [2.24, 2.45) is 5.41 Å². The Bertz CT molecular complexity index is 2060. The number of nitrogens with one attached hydrogen (secondary N) is 1. The van der Waals surface area contributed by atoms with Crippen molar-refractivity contribution < 1.29 is 14.6 Å². The van der Waals surface area contributed by atoms with Crippen LogP contribution in [0.5, 0.6) is 11.5 Å². The van der Waals surface area contributed by atoms with Gasteiger partial charge in [0.2, 0.25) is 5.91 Å². The number of allylic oxidation sites excluding steroid dienone is 10. The van der Waals surface area contributed by atoms with E-state index in [0.717, 1.165) is 24.3 Å². The Kier molecular flexibility index (Phi) is 17.2. The fraction of sp³-hybridized carbons (Fsp3) is 0.288. The molecule has 298 valence electrons. The number of phenolic OH excluding ortho intramolecular Hbond substituents is 1. The van der Waals surface area contributed by atoms with Crippen LogP contribution in [0.3, 0.4) is 0 Å². The summed E-state index contributed by atoms with van der Waals surface area (Å²) in [5.41, 5.74) is 12.3. The molecule has 0 heterocycles. The largest absolute Gasteiger partial charge is 0.508 e. The topological polar surface area (TPSA) is 61.8 Å². The fourth-order valence-electron chi connectivity index (χ4n) is 6.96. The molecule has 0 saturated carbocycles. The summed E-state index contributed by atoms with van der Waals surface area (Å²) in [6.07, 6.45) is 16.6. The van der Waals surface area contributed by atoms with E-state index in [4.69, 9.17) is 4.74 Å². The number of carbonyl (C=O) groups is 1. The lowest BCUT2D eigenvalue weighted by Gasteiger charge is -2.32. The van der Waals surface area contributed by atoms with Crippen molar-refractivity contribution in [3.8, 4) is 11.5 Å². The minimum absolute atomic E-state index is 0.173. The van der Waals surface area contributed by atoms with E-state index >= 15 is 0 Å². The summed E-state index contributed by atoms with van der Waals surface area (Å²) < 4.78 is 5.87. The highest BCUT2D eigenvalue weighted by molar-refractivity contribution is 6.00. The van der Waals surface area contributed by atoms with Crippen LogP contribution in [0.4, 0.5) is 5.69 Å². The molecule has 0 unspecified atom stereocenters. The van der Waals surface area contributed by atoms with E-state index < -0.39 is 0 Å². The van der Waals surface area contributed by atoms with Gasteiger partial charge in [-0.05, 0) is 141 Å². The van der Waals surface area contributed by atoms with Crippen LogP contribution < -0.4 is 10.1 Å². The SMILES string of the molecule is CC/C(=C(\c1ccccc1)c1ccc(OCCN(C)C)cc1)c1ccccc1.CC1=C(/C=C/C(C)=C/C=C/C(C)=C/C(=O)Nc2ccc(O)cc2)C(C)(C)CCC1. The number of rotatable bonds is 14. The van der Waals surface area contributed by atoms with Crippen molar-refractivity contribution in [2.75, 3.05) is 32.6 Å². The van der Waals surface area contributed by atoms with Crippen molar-refractivity contribution in [1.29, 1.82) is 0 Å². The second-order valence-corrected chi connectivity index (χ2v) is 15.6. The van der Waals surface area contributed by atoms with E-state index in [1.165, 1.54) is 63.8 Å². The quantitative estimate of drug-likeness (QED) is 0.0581. The van der Waals surface area contributed by atoms with Gasteiger partial charge in [0.05, 0.1) is 0 Å². The molecule has 57 heavy (non-hydrogen) atoms. The Hall–Kier alpha value is -5.65. The van der Waals surface area contributed by atoms with Crippen molar-refractivity contribution >= 4 is 22.7 Å². The van der Waals surface area contributed by atoms with Crippen LogP contribution in [0, 0.1) is 5.41 Å². The lowest BCUT2D eigenvalue weighted by molar-refractivity contribution is -0.111. The lowest BCUT2D eigenvalue weighted by atomic mass is 9.72. The van der Waals surface area contributed by atoms with Crippen molar-refractivity contribution in [1.82, 2.24) is 4.90 Å². The monoisotopic (exact) mass is 762 g/mol. The molecule has 0 saturated heterocycles. The van der Waals surface area contributed by atoms with Gasteiger partial charge < -0.3 is 20.1 Å². The van der Waals surface area contributed by atoms with E-state index in [0.29, 0.717) is 12.3 Å². The lowest BCUT2D eigenvalue weighted by Crippen LogP contribution is -2.19. The third-order valence-corrected chi connectivity index (χ3v) is 10.1. The molecular weight excluding hydrogens is 701 g/mol.